The molecule has 0 amide bonds. The summed E-state index contributed by atoms with van der Waals surface area (Å²) < 4.78 is 6.04. The zero-order chi connectivity index (χ0) is 16.2. The van der Waals surface area contributed by atoms with Gasteiger partial charge in [0.15, 0.2) is 0 Å². The Hall–Kier alpha value is -0.830. The van der Waals surface area contributed by atoms with E-state index < -0.39 is 0 Å². The molecule has 2 unspecified atom stereocenters. The van der Waals surface area contributed by atoms with Gasteiger partial charge in [-0.2, -0.15) is 0 Å². The summed E-state index contributed by atoms with van der Waals surface area (Å²) in [6.45, 7) is 4.58. The van der Waals surface area contributed by atoms with Crippen LogP contribution in [-0.4, -0.2) is 10.3 Å². The van der Waals surface area contributed by atoms with Crippen molar-refractivity contribution in [2.75, 3.05) is 0 Å². The molecule has 4 saturated carbocycles. The van der Waals surface area contributed by atoms with Crippen molar-refractivity contribution in [1.29, 1.82) is 0 Å². The fraction of sp³-hybridized carbons (Fsp3) is 0.650. The van der Waals surface area contributed by atoms with E-state index >= 15 is 0 Å². The van der Waals surface area contributed by atoms with E-state index in [4.69, 9.17) is 4.74 Å². The number of carbonyl (C=O) groups is 1. The standard InChI is InChI=1S/C20H25BrO2/c1-13-3-4-14(2)17(5-13)11-23-18(22)19-7-15-6-16(8-19)10-20(21,9-15)12-19/h3-5,15-16H,6-12H2,1-2H3/t15-,16+,19?,20?. The van der Waals surface area contributed by atoms with E-state index in [2.05, 4.69) is 48.0 Å². The molecule has 4 fully saturated rings. The van der Waals surface area contributed by atoms with Crippen molar-refractivity contribution in [1.82, 2.24) is 0 Å². The second-order valence-corrected chi connectivity index (χ2v) is 10.1. The lowest BCUT2D eigenvalue weighted by molar-refractivity contribution is -0.170. The number of aryl methyl sites for hydroxylation is 2. The van der Waals surface area contributed by atoms with Crippen LogP contribution in [0.3, 0.4) is 0 Å². The second-order valence-electron chi connectivity index (χ2n) is 8.40. The van der Waals surface area contributed by atoms with Crippen molar-refractivity contribution < 1.29 is 9.53 Å². The molecule has 0 N–H and O–H groups in total. The number of halogens is 1. The molecule has 4 aliphatic carbocycles. The third kappa shape index (κ3) is 2.75. The Labute approximate surface area is 147 Å². The van der Waals surface area contributed by atoms with Crippen molar-refractivity contribution in [3.8, 4) is 0 Å². The van der Waals surface area contributed by atoms with Crippen LogP contribution in [0.25, 0.3) is 0 Å². The summed E-state index contributed by atoms with van der Waals surface area (Å²) in [5.74, 6) is 1.48. The number of hydrogen-bond donors (Lipinski definition) is 0. The minimum absolute atomic E-state index is 0.0522. The molecule has 4 aliphatic rings. The maximum atomic E-state index is 13.0. The predicted molar refractivity (Wildman–Crippen MR) is 94.5 cm³/mol. The van der Waals surface area contributed by atoms with Gasteiger partial charge in [-0.25, -0.2) is 0 Å². The summed E-state index contributed by atoms with van der Waals surface area (Å²) >= 11 is 3.97. The van der Waals surface area contributed by atoms with Crippen LogP contribution in [0.1, 0.15) is 55.2 Å². The van der Waals surface area contributed by atoms with Gasteiger partial charge in [0.05, 0.1) is 5.41 Å². The van der Waals surface area contributed by atoms with E-state index in [0.717, 1.165) is 24.8 Å². The van der Waals surface area contributed by atoms with Crippen molar-refractivity contribution in [2.45, 2.75) is 63.3 Å². The summed E-state index contributed by atoms with van der Waals surface area (Å²) in [6.07, 6.45) is 6.87. The Morgan fingerprint density at radius 1 is 1.22 bits per heavy atom. The first-order chi connectivity index (χ1) is 10.9. The van der Waals surface area contributed by atoms with E-state index in [1.165, 1.54) is 30.4 Å². The van der Waals surface area contributed by atoms with Gasteiger partial charge >= 0.3 is 5.97 Å². The van der Waals surface area contributed by atoms with Gasteiger partial charge in [-0.1, -0.05) is 39.7 Å². The predicted octanol–water partition coefficient (Wildman–Crippen LogP) is 5.08. The van der Waals surface area contributed by atoms with Crippen LogP contribution in [-0.2, 0) is 16.1 Å². The van der Waals surface area contributed by atoms with Crippen molar-refractivity contribution in [3.63, 3.8) is 0 Å². The molecule has 23 heavy (non-hydrogen) atoms. The molecule has 0 aromatic heterocycles. The van der Waals surface area contributed by atoms with Gasteiger partial charge in [0.1, 0.15) is 6.61 Å². The van der Waals surface area contributed by atoms with E-state index in [0.29, 0.717) is 18.4 Å². The monoisotopic (exact) mass is 376 g/mol. The van der Waals surface area contributed by atoms with Gasteiger partial charge < -0.3 is 4.74 Å². The van der Waals surface area contributed by atoms with Crippen LogP contribution in [0.4, 0.5) is 0 Å². The Morgan fingerprint density at radius 2 is 1.91 bits per heavy atom. The quantitative estimate of drug-likeness (QED) is 0.542. The van der Waals surface area contributed by atoms with Crippen LogP contribution in [0.5, 0.6) is 0 Å². The minimum atomic E-state index is -0.217. The molecule has 1 aromatic rings. The Kier molecular flexibility index (Phi) is 3.64. The highest BCUT2D eigenvalue weighted by molar-refractivity contribution is 9.10. The fourth-order valence-electron chi connectivity index (χ4n) is 5.64. The SMILES string of the molecule is Cc1ccc(C)c(COC(=O)C23C[C@@H]4C[C@@H](CC(Br)(C4)C2)C3)c1. The third-order valence-corrected chi connectivity index (χ3v) is 7.21. The first-order valence-corrected chi connectivity index (χ1v) is 9.59. The molecule has 1 aromatic carbocycles. The second kappa shape index (κ2) is 5.34. The number of esters is 1. The number of ether oxygens (including phenoxy) is 1. The lowest BCUT2D eigenvalue weighted by Crippen LogP contribution is -2.56. The average Bonchev–Trinajstić information content (AvgIpc) is 2.45. The van der Waals surface area contributed by atoms with E-state index in [1.807, 2.05) is 0 Å². The molecule has 5 rings (SSSR count). The highest BCUT2D eigenvalue weighted by Gasteiger charge is 2.60. The van der Waals surface area contributed by atoms with Crippen molar-refractivity contribution in [2.24, 2.45) is 17.3 Å². The van der Waals surface area contributed by atoms with Gasteiger partial charge in [-0.15, -0.1) is 0 Å². The van der Waals surface area contributed by atoms with Crippen LogP contribution in [0.15, 0.2) is 18.2 Å². The molecular formula is C20H25BrO2. The molecule has 0 saturated heterocycles. The number of carbonyl (C=O) groups excluding carboxylic acids is 1. The largest absolute Gasteiger partial charge is 0.460 e. The molecule has 0 aliphatic heterocycles. The number of alkyl halides is 1. The van der Waals surface area contributed by atoms with Gasteiger partial charge in [-0.3, -0.25) is 4.79 Å². The van der Waals surface area contributed by atoms with Gasteiger partial charge in [0.25, 0.3) is 0 Å². The van der Waals surface area contributed by atoms with E-state index in [1.54, 1.807) is 0 Å². The fourth-order valence-corrected chi connectivity index (χ4v) is 7.09. The topological polar surface area (TPSA) is 26.3 Å². The van der Waals surface area contributed by atoms with Crippen LogP contribution in [0.2, 0.25) is 0 Å². The first kappa shape index (κ1) is 15.7. The summed E-state index contributed by atoms with van der Waals surface area (Å²) in [6, 6.07) is 6.35. The van der Waals surface area contributed by atoms with Crippen LogP contribution < -0.4 is 0 Å². The van der Waals surface area contributed by atoms with Gasteiger partial charge in [0.2, 0.25) is 0 Å². The lowest BCUT2D eigenvalue weighted by Gasteiger charge is -2.58. The summed E-state index contributed by atoms with van der Waals surface area (Å²) in [4.78, 5) is 13.0. The summed E-state index contributed by atoms with van der Waals surface area (Å²) in [5.41, 5.74) is 3.34. The molecule has 4 atom stereocenters. The zero-order valence-corrected chi connectivity index (χ0v) is 15.6. The molecule has 0 radical (unpaired) electrons. The Morgan fingerprint density at radius 3 is 2.57 bits per heavy atom. The van der Waals surface area contributed by atoms with Crippen LogP contribution >= 0.6 is 15.9 Å². The molecule has 0 heterocycles. The van der Waals surface area contributed by atoms with E-state index in [-0.39, 0.29) is 15.7 Å². The molecule has 2 nitrogen and oxygen atoms in total. The smallest absolute Gasteiger partial charge is 0.312 e. The normalized spacial score (nSPS) is 37.9. The first-order valence-electron chi connectivity index (χ1n) is 8.80. The molecule has 124 valence electrons. The Balaban J connectivity index is 1.50. The van der Waals surface area contributed by atoms with Crippen molar-refractivity contribution in [3.05, 3.63) is 34.9 Å². The number of hydrogen-bond acceptors (Lipinski definition) is 2. The molecule has 4 bridgehead atoms. The average molecular weight is 377 g/mol. The van der Waals surface area contributed by atoms with Crippen molar-refractivity contribution >= 4 is 21.9 Å². The number of benzene rings is 1. The summed E-state index contributed by atoms with van der Waals surface area (Å²) in [5, 5.41) is 0. The third-order valence-electron chi connectivity index (χ3n) is 6.29. The molecule has 0 spiro atoms. The van der Waals surface area contributed by atoms with Crippen LogP contribution in [0, 0.1) is 31.1 Å². The van der Waals surface area contributed by atoms with Gasteiger partial charge in [0, 0.05) is 4.32 Å². The maximum Gasteiger partial charge on any atom is 0.312 e. The zero-order valence-electron chi connectivity index (χ0n) is 14.0. The highest BCUT2D eigenvalue weighted by atomic mass is 79.9. The number of rotatable bonds is 3. The summed E-state index contributed by atoms with van der Waals surface area (Å²) in [7, 11) is 0. The molecular weight excluding hydrogens is 352 g/mol. The molecule has 3 heteroatoms. The van der Waals surface area contributed by atoms with Gasteiger partial charge in [-0.05, 0) is 75.3 Å². The maximum absolute atomic E-state index is 13.0. The minimum Gasteiger partial charge on any atom is -0.460 e. The Bertz CT molecular complexity index is 637. The lowest BCUT2D eigenvalue weighted by atomic mass is 9.49. The highest BCUT2D eigenvalue weighted by Crippen LogP contribution is 2.64. The van der Waals surface area contributed by atoms with E-state index in [9.17, 15) is 4.79 Å².